The average Bonchev–Trinajstić information content (AvgIpc) is 2.55. The molecule has 3 heteroatoms. The van der Waals surface area contributed by atoms with Gasteiger partial charge in [-0.25, -0.2) is 4.79 Å². The molecule has 0 aliphatic carbocycles. The Bertz CT molecular complexity index is 664. The number of hydrogen-bond donors (Lipinski definition) is 0. The van der Waals surface area contributed by atoms with Crippen molar-refractivity contribution in [2.75, 3.05) is 0 Å². The Morgan fingerprint density at radius 2 is 1.81 bits per heavy atom. The summed E-state index contributed by atoms with van der Waals surface area (Å²) in [5.41, 5.74) is 3.27. The van der Waals surface area contributed by atoms with Crippen molar-refractivity contribution in [2.24, 2.45) is 0 Å². The molecule has 0 fully saturated rings. The van der Waals surface area contributed by atoms with Crippen molar-refractivity contribution in [2.45, 2.75) is 19.6 Å². The van der Waals surface area contributed by atoms with Gasteiger partial charge in [0.1, 0.15) is 6.10 Å². The summed E-state index contributed by atoms with van der Waals surface area (Å²) < 4.78 is 5.53. The third-order valence-corrected chi connectivity index (χ3v) is 3.61. The number of carbonyl (C=O) groups excluding carboxylic acids is 1. The van der Waals surface area contributed by atoms with Crippen LogP contribution in [0.4, 0.5) is 4.79 Å². The molecule has 1 amide bonds. The second-order valence-corrected chi connectivity index (χ2v) is 5.08. The molecule has 2 aromatic rings. The Morgan fingerprint density at radius 1 is 1.10 bits per heavy atom. The van der Waals surface area contributed by atoms with Gasteiger partial charge in [-0.2, -0.15) is 0 Å². The fraction of sp³-hybridized carbons (Fsp3) is 0.167. The topological polar surface area (TPSA) is 29.5 Å². The van der Waals surface area contributed by atoms with E-state index in [1.165, 1.54) is 0 Å². The lowest BCUT2D eigenvalue weighted by molar-refractivity contribution is 0.0799. The number of ether oxygens (including phenoxy) is 1. The predicted molar refractivity (Wildman–Crippen MR) is 82.4 cm³/mol. The molecule has 3 rings (SSSR count). The molecule has 0 bridgehead atoms. The van der Waals surface area contributed by atoms with Crippen LogP contribution in [0.5, 0.6) is 0 Å². The van der Waals surface area contributed by atoms with E-state index in [0.717, 1.165) is 16.7 Å². The minimum absolute atomic E-state index is 0.260. The van der Waals surface area contributed by atoms with Crippen LogP contribution in [-0.4, -0.2) is 11.0 Å². The smallest absolute Gasteiger partial charge is 0.414 e. The molecule has 1 aliphatic heterocycles. The summed E-state index contributed by atoms with van der Waals surface area (Å²) in [6.07, 6.45) is 3.14. The van der Waals surface area contributed by atoms with Crippen LogP contribution in [0.1, 0.15) is 29.7 Å². The van der Waals surface area contributed by atoms with Gasteiger partial charge in [-0.05, 0) is 29.7 Å². The SMILES string of the molecule is C[C@H](OC(=O)N1C=Cc2ccccc2C1)c1ccccc1. The number of benzene rings is 2. The molecule has 0 spiro atoms. The fourth-order valence-electron chi connectivity index (χ4n) is 2.38. The lowest BCUT2D eigenvalue weighted by atomic mass is 10.0. The number of fused-ring (bicyclic) bond motifs is 1. The van der Waals surface area contributed by atoms with E-state index in [1.54, 1.807) is 11.1 Å². The van der Waals surface area contributed by atoms with Gasteiger partial charge in [0, 0.05) is 6.20 Å². The van der Waals surface area contributed by atoms with Crippen molar-refractivity contribution >= 4 is 12.2 Å². The molecule has 3 nitrogen and oxygen atoms in total. The first-order valence-electron chi connectivity index (χ1n) is 7.02. The molecule has 0 radical (unpaired) electrons. The van der Waals surface area contributed by atoms with Crippen LogP contribution in [0.3, 0.4) is 0 Å². The highest BCUT2D eigenvalue weighted by Gasteiger charge is 2.20. The van der Waals surface area contributed by atoms with E-state index in [4.69, 9.17) is 4.74 Å². The Hall–Kier alpha value is -2.55. The number of hydrogen-bond acceptors (Lipinski definition) is 2. The van der Waals surface area contributed by atoms with Gasteiger partial charge in [0.15, 0.2) is 0 Å². The second-order valence-electron chi connectivity index (χ2n) is 5.08. The van der Waals surface area contributed by atoms with Crippen LogP contribution >= 0.6 is 0 Å². The van der Waals surface area contributed by atoms with Crippen molar-refractivity contribution in [1.29, 1.82) is 0 Å². The summed E-state index contributed by atoms with van der Waals surface area (Å²) in [7, 11) is 0. The molecule has 1 heterocycles. The Balaban J connectivity index is 1.68. The minimum Gasteiger partial charge on any atom is -0.441 e. The normalized spacial score (nSPS) is 14.4. The summed E-state index contributed by atoms with van der Waals surface area (Å²) in [6.45, 7) is 2.43. The summed E-state index contributed by atoms with van der Waals surface area (Å²) >= 11 is 0. The lowest BCUT2D eigenvalue weighted by Gasteiger charge is -2.24. The van der Waals surface area contributed by atoms with Gasteiger partial charge in [-0.3, -0.25) is 4.90 Å². The molecule has 1 aliphatic rings. The van der Waals surface area contributed by atoms with Crippen molar-refractivity contribution in [3.8, 4) is 0 Å². The molecule has 0 aromatic heterocycles. The van der Waals surface area contributed by atoms with E-state index in [1.807, 2.05) is 67.6 Å². The van der Waals surface area contributed by atoms with E-state index in [2.05, 4.69) is 0 Å². The fourth-order valence-corrected chi connectivity index (χ4v) is 2.38. The Morgan fingerprint density at radius 3 is 2.62 bits per heavy atom. The van der Waals surface area contributed by atoms with Crippen molar-refractivity contribution in [3.63, 3.8) is 0 Å². The highest BCUT2D eigenvalue weighted by molar-refractivity contribution is 5.72. The third-order valence-electron chi connectivity index (χ3n) is 3.61. The first-order chi connectivity index (χ1) is 10.2. The average molecular weight is 279 g/mol. The Kier molecular flexibility index (Phi) is 3.73. The summed E-state index contributed by atoms with van der Waals surface area (Å²) in [4.78, 5) is 13.8. The Labute approximate surface area is 124 Å². The van der Waals surface area contributed by atoms with Gasteiger partial charge in [0.25, 0.3) is 0 Å². The lowest BCUT2D eigenvalue weighted by Crippen LogP contribution is -2.28. The standard InChI is InChI=1S/C18H17NO2/c1-14(15-7-3-2-4-8-15)21-18(20)19-12-11-16-9-5-6-10-17(16)13-19/h2-12,14H,13H2,1H3/t14-/m0/s1. The molecular formula is C18H17NO2. The van der Waals surface area contributed by atoms with Gasteiger partial charge in [0.2, 0.25) is 0 Å². The number of amides is 1. The third kappa shape index (κ3) is 2.97. The van der Waals surface area contributed by atoms with Crippen LogP contribution in [0.25, 0.3) is 6.08 Å². The maximum Gasteiger partial charge on any atom is 0.414 e. The molecule has 1 atom stereocenters. The number of nitrogens with zero attached hydrogens (tertiary/aromatic N) is 1. The van der Waals surface area contributed by atoms with E-state index < -0.39 is 0 Å². The molecule has 2 aromatic carbocycles. The summed E-state index contributed by atoms with van der Waals surface area (Å²) in [6, 6.07) is 17.8. The van der Waals surface area contributed by atoms with Gasteiger partial charge in [0.05, 0.1) is 6.54 Å². The zero-order valence-corrected chi connectivity index (χ0v) is 11.9. The van der Waals surface area contributed by atoms with Crippen molar-refractivity contribution < 1.29 is 9.53 Å². The zero-order chi connectivity index (χ0) is 14.7. The predicted octanol–water partition coefficient (Wildman–Crippen LogP) is 4.37. The van der Waals surface area contributed by atoms with Crippen LogP contribution in [0.15, 0.2) is 60.8 Å². The highest BCUT2D eigenvalue weighted by Crippen LogP contribution is 2.22. The van der Waals surface area contributed by atoms with E-state index in [0.29, 0.717) is 6.54 Å². The maximum absolute atomic E-state index is 12.2. The largest absolute Gasteiger partial charge is 0.441 e. The van der Waals surface area contributed by atoms with E-state index >= 15 is 0 Å². The van der Waals surface area contributed by atoms with Crippen LogP contribution in [0, 0.1) is 0 Å². The van der Waals surface area contributed by atoms with Gasteiger partial charge in [-0.15, -0.1) is 0 Å². The second kappa shape index (κ2) is 5.83. The number of carbonyl (C=O) groups is 1. The van der Waals surface area contributed by atoms with Gasteiger partial charge < -0.3 is 4.74 Å². The summed E-state index contributed by atoms with van der Waals surface area (Å²) in [5, 5.41) is 0. The van der Waals surface area contributed by atoms with Crippen LogP contribution in [0.2, 0.25) is 0 Å². The monoisotopic (exact) mass is 279 g/mol. The number of rotatable bonds is 2. The van der Waals surface area contributed by atoms with E-state index in [9.17, 15) is 4.79 Å². The maximum atomic E-state index is 12.2. The molecule has 0 saturated carbocycles. The molecule has 0 saturated heterocycles. The summed E-state index contributed by atoms with van der Waals surface area (Å²) in [5.74, 6) is 0. The first kappa shape index (κ1) is 13.4. The van der Waals surface area contributed by atoms with Crippen LogP contribution in [-0.2, 0) is 11.3 Å². The molecule has 0 N–H and O–H groups in total. The molecule has 0 unspecified atom stereocenters. The molecule has 21 heavy (non-hydrogen) atoms. The van der Waals surface area contributed by atoms with Gasteiger partial charge >= 0.3 is 6.09 Å². The van der Waals surface area contributed by atoms with Gasteiger partial charge in [-0.1, -0.05) is 54.6 Å². The minimum atomic E-state index is -0.322. The highest BCUT2D eigenvalue weighted by atomic mass is 16.6. The molecule has 106 valence electrons. The van der Waals surface area contributed by atoms with Crippen LogP contribution < -0.4 is 0 Å². The quantitative estimate of drug-likeness (QED) is 0.817. The zero-order valence-electron chi connectivity index (χ0n) is 11.9. The molecular weight excluding hydrogens is 262 g/mol. The first-order valence-corrected chi connectivity index (χ1v) is 7.02. The van der Waals surface area contributed by atoms with Crippen molar-refractivity contribution in [1.82, 2.24) is 4.90 Å². The van der Waals surface area contributed by atoms with Crippen molar-refractivity contribution in [3.05, 3.63) is 77.5 Å². The van der Waals surface area contributed by atoms with E-state index in [-0.39, 0.29) is 12.2 Å².